The molecule has 1 aromatic carbocycles. The van der Waals surface area contributed by atoms with Crippen LogP contribution in [0.3, 0.4) is 0 Å². The third kappa shape index (κ3) is 4.81. The summed E-state index contributed by atoms with van der Waals surface area (Å²) < 4.78 is 0. The van der Waals surface area contributed by atoms with Gasteiger partial charge in [-0.1, -0.05) is 31.2 Å². The summed E-state index contributed by atoms with van der Waals surface area (Å²) in [5.41, 5.74) is 4.18. The van der Waals surface area contributed by atoms with Crippen LogP contribution in [-0.2, 0) is 17.6 Å². The van der Waals surface area contributed by atoms with Gasteiger partial charge in [0.05, 0.1) is 5.52 Å². The monoisotopic (exact) mass is 387 g/mol. The number of hydrogen-bond acceptors (Lipinski definition) is 4. The van der Waals surface area contributed by atoms with E-state index < -0.39 is 0 Å². The number of Topliss-reactive ketones (excluding diaryl/α,β-unsaturated/α-hetero) is 1. The predicted octanol–water partition coefficient (Wildman–Crippen LogP) is 4.92. The molecule has 29 heavy (non-hydrogen) atoms. The third-order valence-corrected chi connectivity index (χ3v) is 5.90. The number of benzene rings is 1. The lowest BCUT2D eigenvalue weighted by molar-refractivity contribution is -0.118. The first-order chi connectivity index (χ1) is 14.1. The zero-order valence-electron chi connectivity index (χ0n) is 17.4. The predicted molar refractivity (Wildman–Crippen MR) is 118 cm³/mol. The van der Waals surface area contributed by atoms with E-state index in [1.165, 1.54) is 18.4 Å². The minimum atomic E-state index is 0.251. The topological polar surface area (TPSA) is 46.1 Å². The molecule has 0 N–H and O–H groups in total. The number of para-hydroxylation sites is 1. The number of ketones is 1. The summed E-state index contributed by atoms with van der Waals surface area (Å²) in [7, 11) is 0. The van der Waals surface area contributed by atoms with Gasteiger partial charge in [-0.3, -0.25) is 9.78 Å². The van der Waals surface area contributed by atoms with Crippen LogP contribution in [0.4, 0.5) is 5.82 Å². The molecule has 4 heteroatoms. The molecule has 0 radical (unpaired) electrons. The van der Waals surface area contributed by atoms with Crippen LogP contribution in [-0.4, -0.2) is 28.8 Å². The second-order valence-corrected chi connectivity index (χ2v) is 8.36. The second kappa shape index (κ2) is 8.73. The van der Waals surface area contributed by atoms with Gasteiger partial charge in [0.15, 0.2) is 0 Å². The summed E-state index contributed by atoms with van der Waals surface area (Å²) in [6.07, 6.45) is 5.97. The summed E-state index contributed by atoms with van der Waals surface area (Å²) in [5.74, 6) is 2.12. The van der Waals surface area contributed by atoms with Crippen LogP contribution in [0.15, 0.2) is 48.7 Å². The van der Waals surface area contributed by atoms with Crippen molar-refractivity contribution in [1.82, 2.24) is 9.97 Å². The highest BCUT2D eigenvalue weighted by Gasteiger charge is 2.20. The molecule has 1 saturated heterocycles. The molecule has 4 rings (SSSR count). The number of hydrogen-bond donors (Lipinski definition) is 0. The Labute approximate surface area is 173 Å². The standard InChI is InChI=1S/C25H29N3O/c1-18-11-13-28(14-12-18)25-21(8-7-19(2)27-25)9-10-23(29)16-20-15-22-5-3-4-6-24(22)26-17-20/h3-8,15,17-18H,9-14,16H2,1-2H3. The molecule has 2 aromatic heterocycles. The van der Waals surface area contributed by atoms with Gasteiger partial charge >= 0.3 is 0 Å². The summed E-state index contributed by atoms with van der Waals surface area (Å²) >= 11 is 0. The van der Waals surface area contributed by atoms with Gasteiger partial charge in [0.1, 0.15) is 11.6 Å². The van der Waals surface area contributed by atoms with Gasteiger partial charge in [0.25, 0.3) is 0 Å². The Hall–Kier alpha value is -2.75. The lowest BCUT2D eigenvalue weighted by atomic mass is 9.98. The SMILES string of the molecule is Cc1ccc(CCC(=O)Cc2cnc3ccccc3c2)c(N2CCC(C)CC2)n1. The molecular weight excluding hydrogens is 358 g/mol. The minimum absolute atomic E-state index is 0.251. The summed E-state index contributed by atoms with van der Waals surface area (Å²) in [6, 6.07) is 14.3. The van der Waals surface area contributed by atoms with Crippen LogP contribution in [0.5, 0.6) is 0 Å². The Morgan fingerprint density at radius 3 is 2.76 bits per heavy atom. The van der Waals surface area contributed by atoms with Crippen molar-refractivity contribution in [2.45, 2.75) is 46.0 Å². The molecular formula is C25H29N3O. The second-order valence-electron chi connectivity index (χ2n) is 8.36. The Bertz CT molecular complexity index is 1010. The molecule has 0 atom stereocenters. The number of fused-ring (bicyclic) bond motifs is 1. The van der Waals surface area contributed by atoms with Crippen LogP contribution in [0.1, 0.15) is 43.0 Å². The highest BCUT2D eigenvalue weighted by molar-refractivity contribution is 5.84. The molecule has 3 heterocycles. The highest BCUT2D eigenvalue weighted by atomic mass is 16.1. The van der Waals surface area contributed by atoms with Crippen molar-refractivity contribution >= 4 is 22.5 Å². The van der Waals surface area contributed by atoms with Crippen molar-refractivity contribution in [2.24, 2.45) is 5.92 Å². The van der Waals surface area contributed by atoms with Crippen molar-refractivity contribution in [3.05, 3.63) is 65.5 Å². The van der Waals surface area contributed by atoms with E-state index in [0.717, 1.165) is 53.4 Å². The Morgan fingerprint density at radius 2 is 1.93 bits per heavy atom. The molecule has 0 spiro atoms. The molecule has 150 valence electrons. The number of nitrogens with zero attached hydrogens (tertiary/aromatic N) is 3. The van der Waals surface area contributed by atoms with Gasteiger partial charge < -0.3 is 4.90 Å². The fraction of sp³-hybridized carbons (Fsp3) is 0.400. The maximum atomic E-state index is 12.7. The Kier molecular flexibility index (Phi) is 5.89. The van der Waals surface area contributed by atoms with E-state index in [9.17, 15) is 4.79 Å². The number of anilines is 1. The maximum Gasteiger partial charge on any atom is 0.137 e. The molecule has 0 bridgehead atoms. The van der Waals surface area contributed by atoms with E-state index in [0.29, 0.717) is 12.8 Å². The van der Waals surface area contributed by atoms with Gasteiger partial charge in [-0.05, 0) is 61.4 Å². The van der Waals surface area contributed by atoms with Crippen LogP contribution in [0, 0.1) is 12.8 Å². The Balaban J connectivity index is 1.42. The maximum absolute atomic E-state index is 12.7. The van der Waals surface area contributed by atoms with Gasteiger partial charge in [0, 0.05) is 43.2 Å². The number of aryl methyl sites for hydroxylation is 2. The van der Waals surface area contributed by atoms with E-state index in [2.05, 4.69) is 35.0 Å². The van der Waals surface area contributed by atoms with Gasteiger partial charge in [-0.2, -0.15) is 0 Å². The molecule has 0 saturated carbocycles. The zero-order valence-corrected chi connectivity index (χ0v) is 17.4. The van der Waals surface area contributed by atoms with Crippen molar-refractivity contribution in [3.63, 3.8) is 0 Å². The average Bonchev–Trinajstić information content (AvgIpc) is 2.73. The number of rotatable bonds is 6. The van der Waals surface area contributed by atoms with Gasteiger partial charge in [-0.15, -0.1) is 0 Å². The van der Waals surface area contributed by atoms with Crippen molar-refractivity contribution in [3.8, 4) is 0 Å². The molecule has 0 unspecified atom stereocenters. The van der Waals surface area contributed by atoms with Gasteiger partial charge in [-0.25, -0.2) is 4.98 Å². The normalized spacial score (nSPS) is 15.0. The summed E-state index contributed by atoms with van der Waals surface area (Å²) in [5, 5.41) is 1.09. The number of carbonyl (C=O) groups is 1. The summed E-state index contributed by atoms with van der Waals surface area (Å²) in [4.78, 5) is 24.4. The van der Waals surface area contributed by atoms with Crippen LogP contribution >= 0.6 is 0 Å². The van der Waals surface area contributed by atoms with Crippen molar-refractivity contribution < 1.29 is 4.79 Å². The molecule has 0 amide bonds. The summed E-state index contributed by atoms with van der Waals surface area (Å²) in [6.45, 7) is 6.47. The van der Waals surface area contributed by atoms with E-state index in [1.54, 1.807) is 0 Å². The number of aromatic nitrogens is 2. The minimum Gasteiger partial charge on any atom is -0.356 e. The quantitative estimate of drug-likeness (QED) is 0.602. The zero-order chi connectivity index (χ0) is 20.2. The van der Waals surface area contributed by atoms with Crippen LogP contribution < -0.4 is 4.90 Å². The van der Waals surface area contributed by atoms with Crippen molar-refractivity contribution in [1.29, 1.82) is 0 Å². The molecule has 4 nitrogen and oxygen atoms in total. The highest BCUT2D eigenvalue weighted by Crippen LogP contribution is 2.26. The van der Waals surface area contributed by atoms with E-state index >= 15 is 0 Å². The van der Waals surface area contributed by atoms with Crippen molar-refractivity contribution in [2.75, 3.05) is 18.0 Å². The molecule has 1 aliphatic heterocycles. The number of pyridine rings is 2. The number of carbonyl (C=O) groups excluding carboxylic acids is 1. The van der Waals surface area contributed by atoms with Gasteiger partial charge in [0.2, 0.25) is 0 Å². The van der Waals surface area contributed by atoms with Crippen LogP contribution in [0.25, 0.3) is 10.9 Å². The lowest BCUT2D eigenvalue weighted by Crippen LogP contribution is -2.34. The Morgan fingerprint density at radius 1 is 1.14 bits per heavy atom. The fourth-order valence-corrected chi connectivity index (χ4v) is 4.06. The van der Waals surface area contributed by atoms with E-state index in [-0.39, 0.29) is 5.78 Å². The first kappa shape index (κ1) is 19.6. The fourth-order valence-electron chi connectivity index (χ4n) is 4.06. The smallest absolute Gasteiger partial charge is 0.137 e. The third-order valence-electron chi connectivity index (χ3n) is 5.90. The number of piperidine rings is 1. The molecule has 3 aromatic rings. The molecule has 1 aliphatic rings. The van der Waals surface area contributed by atoms with E-state index in [4.69, 9.17) is 4.98 Å². The lowest BCUT2D eigenvalue weighted by Gasteiger charge is -2.32. The average molecular weight is 388 g/mol. The van der Waals surface area contributed by atoms with E-state index in [1.807, 2.05) is 37.4 Å². The molecule has 1 fully saturated rings. The molecule has 0 aliphatic carbocycles. The van der Waals surface area contributed by atoms with Crippen LogP contribution in [0.2, 0.25) is 0 Å². The largest absolute Gasteiger partial charge is 0.356 e. The first-order valence-electron chi connectivity index (χ1n) is 10.7. The first-order valence-corrected chi connectivity index (χ1v) is 10.7.